The minimum Gasteiger partial charge on any atom is -0.386 e. The molecule has 1 aliphatic rings. The van der Waals surface area contributed by atoms with E-state index in [2.05, 4.69) is 24.5 Å². The fourth-order valence-electron chi connectivity index (χ4n) is 3.12. The first-order valence-corrected chi connectivity index (χ1v) is 8.69. The number of hydrogen-bond donors (Lipinski definition) is 2. The highest BCUT2D eigenvalue weighted by molar-refractivity contribution is 5.31. The molecule has 3 rings (SSSR count). The van der Waals surface area contributed by atoms with E-state index in [4.69, 9.17) is 0 Å². The van der Waals surface area contributed by atoms with Gasteiger partial charge in [0.15, 0.2) is 0 Å². The molecule has 0 spiro atoms. The SMILES string of the molecule is CC[C@H]1CC(NC(C)c2ccc(Cc3ccccc3)c(F)c2)=CN1. The predicted octanol–water partition coefficient (Wildman–Crippen LogP) is 4.68. The molecule has 0 fully saturated rings. The van der Waals surface area contributed by atoms with E-state index in [9.17, 15) is 4.39 Å². The second-order valence-corrected chi connectivity index (χ2v) is 6.52. The minimum absolute atomic E-state index is 0.0916. The predicted molar refractivity (Wildman–Crippen MR) is 97.1 cm³/mol. The van der Waals surface area contributed by atoms with Crippen molar-refractivity contribution in [3.63, 3.8) is 0 Å². The summed E-state index contributed by atoms with van der Waals surface area (Å²) in [5.74, 6) is -0.130. The third-order valence-corrected chi connectivity index (χ3v) is 4.67. The average Bonchev–Trinajstić information content (AvgIpc) is 3.05. The van der Waals surface area contributed by atoms with Gasteiger partial charge in [0.1, 0.15) is 5.82 Å². The molecule has 2 nitrogen and oxygen atoms in total. The lowest BCUT2D eigenvalue weighted by molar-refractivity contribution is 0.566. The van der Waals surface area contributed by atoms with Crippen LogP contribution in [0.1, 0.15) is 49.4 Å². The Kier molecular flexibility index (Phi) is 5.19. The molecule has 1 unspecified atom stereocenters. The Morgan fingerprint density at radius 2 is 2.00 bits per heavy atom. The first-order chi connectivity index (χ1) is 11.7. The summed E-state index contributed by atoms with van der Waals surface area (Å²) in [6.07, 6.45) is 4.79. The Bertz CT molecular complexity index is 709. The molecule has 2 atom stereocenters. The molecule has 0 saturated carbocycles. The molecule has 0 aromatic heterocycles. The number of benzene rings is 2. The van der Waals surface area contributed by atoms with E-state index in [1.807, 2.05) is 48.7 Å². The van der Waals surface area contributed by atoms with E-state index in [1.54, 1.807) is 6.07 Å². The van der Waals surface area contributed by atoms with Crippen LogP contribution in [0.15, 0.2) is 60.4 Å². The van der Waals surface area contributed by atoms with E-state index in [0.717, 1.165) is 29.5 Å². The molecule has 126 valence electrons. The van der Waals surface area contributed by atoms with E-state index >= 15 is 0 Å². The van der Waals surface area contributed by atoms with Crippen molar-refractivity contribution in [3.05, 3.63) is 82.9 Å². The van der Waals surface area contributed by atoms with Crippen LogP contribution in [0.2, 0.25) is 0 Å². The molecule has 2 aromatic rings. The standard InChI is InChI=1S/C21H25FN2/c1-3-19-13-20(14-23-19)24-15(2)17-9-10-18(21(22)12-17)11-16-7-5-4-6-8-16/h4-10,12,14-15,19,23-24H,3,11,13H2,1-2H3/t15?,19-/m0/s1. The molecule has 3 heteroatoms. The zero-order valence-corrected chi connectivity index (χ0v) is 14.4. The molecule has 0 bridgehead atoms. The fourth-order valence-corrected chi connectivity index (χ4v) is 3.12. The lowest BCUT2D eigenvalue weighted by Crippen LogP contribution is -2.20. The maximum Gasteiger partial charge on any atom is 0.127 e. The molecule has 1 heterocycles. The molecular weight excluding hydrogens is 299 g/mol. The zero-order chi connectivity index (χ0) is 16.9. The summed E-state index contributed by atoms with van der Waals surface area (Å²) in [6, 6.07) is 16.2. The molecule has 2 N–H and O–H groups in total. The molecule has 2 aromatic carbocycles. The Hall–Kier alpha value is -2.29. The highest BCUT2D eigenvalue weighted by Gasteiger charge is 2.17. The van der Waals surface area contributed by atoms with Gasteiger partial charge in [-0.25, -0.2) is 4.39 Å². The molecule has 0 amide bonds. The van der Waals surface area contributed by atoms with Gasteiger partial charge in [-0.15, -0.1) is 0 Å². The number of halogens is 1. The largest absolute Gasteiger partial charge is 0.386 e. The van der Waals surface area contributed by atoms with Crippen LogP contribution >= 0.6 is 0 Å². The lowest BCUT2D eigenvalue weighted by Gasteiger charge is -2.17. The van der Waals surface area contributed by atoms with Crippen LogP contribution in [0.25, 0.3) is 0 Å². The van der Waals surface area contributed by atoms with Crippen LogP contribution in [0, 0.1) is 5.82 Å². The van der Waals surface area contributed by atoms with Crippen molar-refractivity contribution in [1.82, 2.24) is 10.6 Å². The lowest BCUT2D eigenvalue weighted by atomic mass is 10.0. The van der Waals surface area contributed by atoms with E-state index in [0.29, 0.717) is 12.5 Å². The van der Waals surface area contributed by atoms with Gasteiger partial charge in [0, 0.05) is 36.8 Å². The second kappa shape index (κ2) is 7.52. The highest BCUT2D eigenvalue weighted by atomic mass is 19.1. The van der Waals surface area contributed by atoms with Gasteiger partial charge in [-0.3, -0.25) is 0 Å². The van der Waals surface area contributed by atoms with Gasteiger partial charge in [0.05, 0.1) is 0 Å². The van der Waals surface area contributed by atoms with Crippen LogP contribution in [0.3, 0.4) is 0 Å². The second-order valence-electron chi connectivity index (χ2n) is 6.52. The van der Waals surface area contributed by atoms with Crippen LogP contribution < -0.4 is 10.6 Å². The van der Waals surface area contributed by atoms with E-state index in [1.165, 1.54) is 5.70 Å². The number of hydrogen-bond acceptors (Lipinski definition) is 2. The van der Waals surface area contributed by atoms with Gasteiger partial charge < -0.3 is 10.6 Å². The average molecular weight is 324 g/mol. The molecule has 0 saturated heterocycles. The van der Waals surface area contributed by atoms with Gasteiger partial charge in [0.2, 0.25) is 0 Å². The van der Waals surface area contributed by atoms with Crippen molar-refractivity contribution in [3.8, 4) is 0 Å². The van der Waals surface area contributed by atoms with Gasteiger partial charge >= 0.3 is 0 Å². The first-order valence-electron chi connectivity index (χ1n) is 8.69. The molecule has 1 aliphatic heterocycles. The number of nitrogens with one attached hydrogen (secondary N) is 2. The summed E-state index contributed by atoms with van der Waals surface area (Å²) in [5, 5.41) is 6.85. The van der Waals surface area contributed by atoms with Crippen molar-refractivity contribution >= 4 is 0 Å². The Morgan fingerprint density at radius 3 is 2.67 bits per heavy atom. The van der Waals surface area contributed by atoms with E-state index < -0.39 is 0 Å². The van der Waals surface area contributed by atoms with Crippen molar-refractivity contribution < 1.29 is 4.39 Å². The molecular formula is C21H25FN2. The van der Waals surface area contributed by atoms with Crippen molar-refractivity contribution in [2.45, 2.75) is 45.2 Å². The van der Waals surface area contributed by atoms with Crippen LogP contribution in [-0.4, -0.2) is 6.04 Å². The third kappa shape index (κ3) is 3.97. The summed E-state index contributed by atoms with van der Waals surface area (Å²) < 4.78 is 14.5. The van der Waals surface area contributed by atoms with E-state index in [-0.39, 0.29) is 11.9 Å². The van der Waals surface area contributed by atoms with Crippen LogP contribution in [-0.2, 0) is 6.42 Å². The molecule has 0 radical (unpaired) electrons. The fraction of sp³-hybridized carbons (Fsp3) is 0.333. The summed E-state index contributed by atoms with van der Waals surface area (Å²) in [5.41, 5.74) is 4.04. The Morgan fingerprint density at radius 1 is 1.21 bits per heavy atom. The third-order valence-electron chi connectivity index (χ3n) is 4.67. The quantitative estimate of drug-likeness (QED) is 0.806. The molecule has 0 aliphatic carbocycles. The van der Waals surface area contributed by atoms with Crippen molar-refractivity contribution in [2.24, 2.45) is 0 Å². The van der Waals surface area contributed by atoms with Gasteiger partial charge in [-0.05, 0) is 36.1 Å². The van der Waals surface area contributed by atoms with Gasteiger partial charge in [-0.1, -0.05) is 49.4 Å². The number of rotatable bonds is 6. The normalized spacial score (nSPS) is 18.0. The maximum absolute atomic E-state index is 14.5. The van der Waals surface area contributed by atoms with Crippen molar-refractivity contribution in [1.29, 1.82) is 0 Å². The van der Waals surface area contributed by atoms with Crippen LogP contribution in [0.5, 0.6) is 0 Å². The summed E-state index contributed by atoms with van der Waals surface area (Å²) in [4.78, 5) is 0. The maximum atomic E-state index is 14.5. The topological polar surface area (TPSA) is 24.1 Å². The monoisotopic (exact) mass is 324 g/mol. The summed E-state index contributed by atoms with van der Waals surface area (Å²) >= 11 is 0. The van der Waals surface area contributed by atoms with Gasteiger partial charge in [-0.2, -0.15) is 0 Å². The molecule has 24 heavy (non-hydrogen) atoms. The van der Waals surface area contributed by atoms with Gasteiger partial charge in [0.25, 0.3) is 0 Å². The highest BCUT2D eigenvalue weighted by Crippen LogP contribution is 2.22. The summed E-state index contributed by atoms with van der Waals surface area (Å²) in [6.45, 7) is 4.25. The van der Waals surface area contributed by atoms with Crippen LogP contribution in [0.4, 0.5) is 4.39 Å². The zero-order valence-electron chi connectivity index (χ0n) is 14.4. The Labute approximate surface area is 143 Å². The first kappa shape index (κ1) is 16.6. The summed E-state index contributed by atoms with van der Waals surface area (Å²) in [7, 11) is 0. The smallest absolute Gasteiger partial charge is 0.127 e. The minimum atomic E-state index is -0.130. The Balaban J connectivity index is 1.66. The van der Waals surface area contributed by atoms with Crippen molar-refractivity contribution in [2.75, 3.05) is 0 Å².